The molecule has 0 aromatic carbocycles. The quantitative estimate of drug-likeness (QED) is 0.677. The Labute approximate surface area is 108 Å². The molecule has 0 radical (unpaired) electrons. The van der Waals surface area contributed by atoms with Crippen LogP contribution in [0.4, 0.5) is 13.2 Å². The zero-order valence-corrected chi connectivity index (χ0v) is 10.1. The number of carbonyl (C=O) groups is 1. The van der Waals surface area contributed by atoms with Gasteiger partial charge < -0.3 is 10.6 Å². The molecule has 4 nitrogen and oxygen atoms in total. The molecule has 2 aliphatic heterocycles. The van der Waals surface area contributed by atoms with E-state index in [4.69, 9.17) is 0 Å². The van der Waals surface area contributed by atoms with Crippen molar-refractivity contribution in [1.29, 1.82) is 0 Å². The third-order valence-corrected chi connectivity index (χ3v) is 3.80. The molecular weight excluding hydrogens is 259 g/mol. The van der Waals surface area contributed by atoms with E-state index in [2.05, 4.69) is 10.6 Å². The number of hydrogen-bond donors (Lipinski definition) is 2. The summed E-state index contributed by atoms with van der Waals surface area (Å²) in [4.78, 5) is 13.9. The highest BCUT2D eigenvalue weighted by Gasteiger charge is 2.46. The molecule has 3 rings (SSSR count). The predicted octanol–water partition coefficient (Wildman–Crippen LogP) is 0.535. The van der Waals surface area contributed by atoms with Gasteiger partial charge in [0.2, 0.25) is 0 Å². The van der Waals surface area contributed by atoms with Crippen molar-refractivity contribution >= 4 is 5.91 Å². The maximum atomic E-state index is 13.0. The van der Waals surface area contributed by atoms with E-state index in [-0.39, 0.29) is 11.7 Å². The third kappa shape index (κ3) is 2.06. The molecule has 0 aromatic heterocycles. The van der Waals surface area contributed by atoms with Gasteiger partial charge in [0.15, 0.2) is 0 Å². The number of allylic oxidation sites excluding steroid dienone is 2. The first kappa shape index (κ1) is 12.7. The summed E-state index contributed by atoms with van der Waals surface area (Å²) in [5.74, 6) is -0.591. The summed E-state index contributed by atoms with van der Waals surface area (Å²) in [5, 5.41) is 5.78. The zero-order valence-electron chi connectivity index (χ0n) is 10.1. The van der Waals surface area contributed by atoms with Crippen LogP contribution in [-0.2, 0) is 4.79 Å². The number of alkyl halides is 3. The van der Waals surface area contributed by atoms with Gasteiger partial charge in [-0.2, -0.15) is 13.2 Å². The first-order valence-electron chi connectivity index (χ1n) is 6.23. The van der Waals surface area contributed by atoms with Gasteiger partial charge >= 0.3 is 6.18 Å². The summed E-state index contributed by atoms with van der Waals surface area (Å²) in [6.45, 7) is 1.93. The van der Waals surface area contributed by atoms with Gasteiger partial charge in [-0.05, 0) is 6.42 Å². The van der Waals surface area contributed by atoms with Crippen molar-refractivity contribution in [3.8, 4) is 0 Å². The Kier molecular flexibility index (Phi) is 2.90. The Morgan fingerprint density at radius 1 is 1.37 bits per heavy atom. The molecule has 1 amide bonds. The summed E-state index contributed by atoms with van der Waals surface area (Å²) >= 11 is 0. The van der Waals surface area contributed by atoms with E-state index in [0.717, 1.165) is 12.6 Å². The van der Waals surface area contributed by atoms with Crippen molar-refractivity contribution < 1.29 is 18.0 Å². The number of fused-ring (bicyclic) bond motifs is 3. The van der Waals surface area contributed by atoms with Crippen LogP contribution >= 0.6 is 0 Å². The van der Waals surface area contributed by atoms with Crippen LogP contribution in [0.25, 0.3) is 0 Å². The van der Waals surface area contributed by atoms with E-state index in [1.54, 1.807) is 0 Å². The van der Waals surface area contributed by atoms with Crippen molar-refractivity contribution in [2.75, 3.05) is 19.6 Å². The summed E-state index contributed by atoms with van der Waals surface area (Å²) < 4.78 is 39.0. The fourth-order valence-electron chi connectivity index (χ4n) is 2.98. The van der Waals surface area contributed by atoms with Crippen molar-refractivity contribution in [3.05, 3.63) is 23.3 Å². The smallest absolute Gasteiger partial charge is 0.335 e. The number of nitrogens with zero attached hydrogens (tertiary/aromatic N) is 1. The molecular formula is C12H14F3N3O. The minimum absolute atomic E-state index is 0.131. The van der Waals surface area contributed by atoms with E-state index in [1.165, 1.54) is 6.08 Å². The van der Waals surface area contributed by atoms with Crippen molar-refractivity contribution in [3.63, 3.8) is 0 Å². The summed E-state index contributed by atoms with van der Waals surface area (Å²) in [6.07, 6.45) is -1.71. The predicted molar refractivity (Wildman–Crippen MR) is 62.1 cm³/mol. The highest BCUT2D eigenvalue weighted by atomic mass is 19.4. The highest BCUT2D eigenvalue weighted by molar-refractivity contribution is 5.97. The molecule has 0 aromatic rings. The maximum absolute atomic E-state index is 13.0. The van der Waals surface area contributed by atoms with E-state index >= 15 is 0 Å². The number of rotatable bonds is 0. The molecule has 3 aliphatic rings. The van der Waals surface area contributed by atoms with Crippen LogP contribution in [0.15, 0.2) is 23.3 Å². The van der Waals surface area contributed by atoms with Gasteiger partial charge in [0, 0.05) is 31.2 Å². The first-order chi connectivity index (χ1) is 8.98. The van der Waals surface area contributed by atoms with Crippen LogP contribution in [-0.4, -0.2) is 48.8 Å². The minimum Gasteiger partial charge on any atom is -0.335 e. The summed E-state index contributed by atoms with van der Waals surface area (Å²) in [7, 11) is 0. The van der Waals surface area contributed by atoms with Gasteiger partial charge in [-0.1, -0.05) is 12.2 Å². The van der Waals surface area contributed by atoms with Crippen LogP contribution in [0.5, 0.6) is 0 Å². The number of amides is 1. The fraction of sp³-hybridized carbons (Fsp3) is 0.583. The minimum atomic E-state index is -4.48. The largest absolute Gasteiger partial charge is 0.416 e. The Bertz CT molecular complexity index is 469. The second-order valence-corrected chi connectivity index (χ2v) is 4.91. The van der Waals surface area contributed by atoms with Crippen LogP contribution in [0.1, 0.15) is 6.42 Å². The van der Waals surface area contributed by atoms with E-state index < -0.39 is 23.7 Å². The van der Waals surface area contributed by atoms with Gasteiger partial charge in [-0.15, -0.1) is 0 Å². The molecule has 2 N–H and O–H groups in total. The number of halogens is 3. The molecule has 1 aliphatic carbocycles. The molecule has 2 atom stereocenters. The molecule has 2 heterocycles. The average molecular weight is 273 g/mol. The van der Waals surface area contributed by atoms with Gasteiger partial charge in [0.1, 0.15) is 0 Å². The fourth-order valence-corrected chi connectivity index (χ4v) is 2.98. The molecule has 0 bridgehead atoms. The van der Waals surface area contributed by atoms with Gasteiger partial charge in [-0.3, -0.25) is 9.69 Å². The van der Waals surface area contributed by atoms with E-state index in [9.17, 15) is 18.0 Å². The maximum Gasteiger partial charge on any atom is 0.416 e. The Morgan fingerprint density at radius 3 is 2.89 bits per heavy atom. The normalized spacial score (nSPS) is 31.8. The Hall–Kier alpha value is -1.34. The molecule has 1 unspecified atom stereocenters. The third-order valence-electron chi connectivity index (χ3n) is 3.80. The van der Waals surface area contributed by atoms with Crippen LogP contribution < -0.4 is 10.6 Å². The molecule has 19 heavy (non-hydrogen) atoms. The lowest BCUT2D eigenvalue weighted by atomic mass is 9.87. The lowest BCUT2D eigenvalue weighted by Crippen LogP contribution is -2.67. The molecule has 0 spiro atoms. The van der Waals surface area contributed by atoms with Crippen molar-refractivity contribution in [2.24, 2.45) is 0 Å². The SMILES string of the molecule is O=C1N[C@H]2CNCCN2C2CC=CC(C(F)(F)F)=C12. The van der Waals surface area contributed by atoms with Crippen LogP contribution in [0.3, 0.4) is 0 Å². The highest BCUT2D eigenvalue weighted by Crippen LogP contribution is 2.37. The van der Waals surface area contributed by atoms with E-state index in [0.29, 0.717) is 19.5 Å². The van der Waals surface area contributed by atoms with Gasteiger partial charge in [-0.25, -0.2) is 0 Å². The topological polar surface area (TPSA) is 44.4 Å². The number of piperazine rings is 1. The summed E-state index contributed by atoms with van der Waals surface area (Å²) in [5.41, 5.74) is -0.939. The standard InChI is InChI=1S/C12H14F3N3O/c13-12(14,15)7-2-1-3-8-10(7)11(19)17-9-6-16-4-5-18(8)9/h1-2,8-9,16H,3-6H2,(H,17,19)/t8?,9-/m1/s1. The monoisotopic (exact) mass is 273 g/mol. The molecule has 2 fully saturated rings. The molecule has 0 saturated carbocycles. The summed E-state index contributed by atoms with van der Waals surface area (Å²) in [6, 6.07) is -0.456. The van der Waals surface area contributed by atoms with Crippen molar-refractivity contribution in [2.45, 2.75) is 24.8 Å². The molecule has 2 saturated heterocycles. The van der Waals surface area contributed by atoms with Crippen LogP contribution in [0, 0.1) is 0 Å². The lowest BCUT2D eigenvalue weighted by Gasteiger charge is -2.47. The van der Waals surface area contributed by atoms with Crippen molar-refractivity contribution in [1.82, 2.24) is 15.5 Å². The second-order valence-electron chi connectivity index (χ2n) is 4.91. The Morgan fingerprint density at radius 2 is 2.16 bits per heavy atom. The number of hydrogen-bond acceptors (Lipinski definition) is 3. The van der Waals surface area contributed by atoms with Crippen LogP contribution in [0.2, 0.25) is 0 Å². The molecule has 104 valence electrons. The van der Waals surface area contributed by atoms with Gasteiger partial charge in [0.25, 0.3) is 5.91 Å². The second kappa shape index (κ2) is 4.35. The van der Waals surface area contributed by atoms with Gasteiger partial charge in [0.05, 0.1) is 11.7 Å². The Balaban J connectivity index is 2.03. The zero-order chi connectivity index (χ0) is 13.6. The number of carbonyl (C=O) groups excluding carboxylic acids is 1. The first-order valence-corrected chi connectivity index (χ1v) is 6.23. The lowest BCUT2D eigenvalue weighted by molar-refractivity contribution is -0.126. The number of nitrogens with one attached hydrogen (secondary N) is 2. The molecule has 7 heteroatoms. The van der Waals surface area contributed by atoms with E-state index in [1.807, 2.05) is 4.90 Å². The average Bonchev–Trinajstić information content (AvgIpc) is 2.37.